The molecular formula is C22H20N4O2. The predicted octanol–water partition coefficient (Wildman–Crippen LogP) is 4.10. The van der Waals surface area contributed by atoms with Gasteiger partial charge in [-0.25, -0.2) is 19.4 Å². The van der Waals surface area contributed by atoms with Crippen LogP contribution in [0.4, 0.5) is 0 Å². The van der Waals surface area contributed by atoms with E-state index in [0.717, 1.165) is 33.8 Å². The topological polar surface area (TPSA) is 69.9 Å². The minimum Gasteiger partial charge on any atom is -0.456 e. The standard InChI is InChI=1S/C22H20N4O2/c1-14-12-15(2)26(25-14)18-10-8-17(9-11-18)22(27)28-13-21-16(3)23-19-6-4-5-7-20(19)24-21/h4-12H,13H2,1-3H3. The van der Waals surface area contributed by atoms with E-state index in [4.69, 9.17) is 4.74 Å². The van der Waals surface area contributed by atoms with Crippen molar-refractivity contribution < 1.29 is 9.53 Å². The van der Waals surface area contributed by atoms with E-state index in [0.29, 0.717) is 11.3 Å². The summed E-state index contributed by atoms with van der Waals surface area (Å²) in [5.41, 5.74) is 6.40. The van der Waals surface area contributed by atoms with Gasteiger partial charge in [0.15, 0.2) is 0 Å². The second kappa shape index (κ2) is 7.23. The molecule has 0 saturated carbocycles. The van der Waals surface area contributed by atoms with Gasteiger partial charge in [-0.15, -0.1) is 0 Å². The molecule has 0 aliphatic heterocycles. The first-order valence-electron chi connectivity index (χ1n) is 9.04. The molecule has 0 N–H and O–H groups in total. The van der Waals surface area contributed by atoms with E-state index in [2.05, 4.69) is 15.1 Å². The van der Waals surface area contributed by atoms with Crippen LogP contribution in [-0.2, 0) is 11.3 Å². The quantitative estimate of drug-likeness (QED) is 0.505. The zero-order chi connectivity index (χ0) is 19.7. The van der Waals surface area contributed by atoms with Gasteiger partial charge in [0.2, 0.25) is 0 Å². The van der Waals surface area contributed by atoms with Crippen LogP contribution in [0.15, 0.2) is 54.6 Å². The summed E-state index contributed by atoms with van der Waals surface area (Å²) in [5, 5.41) is 4.45. The van der Waals surface area contributed by atoms with Gasteiger partial charge < -0.3 is 4.74 Å². The van der Waals surface area contributed by atoms with Crippen LogP contribution >= 0.6 is 0 Å². The normalized spacial score (nSPS) is 11.0. The van der Waals surface area contributed by atoms with Crippen molar-refractivity contribution in [3.8, 4) is 5.69 Å². The van der Waals surface area contributed by atoms with Crippen LogP contribution in [0.1, 0.15) is 33.1 Å². The number of aryl methyl sites for hydroxylation is 3. The highest BCUT2D eigenvalue weighted by Crippen LogP contribution is 2.16. The number of para-hydroxylation sites is 2. The molecule has 28 heavy (non-hydrogen) atoms. The lowest BCUT2D eigenvalue weighted by Gasteiger charge is -2.09. The summed E-state index contributed by atoms with van der Waals surface area (Å²) in [4.78, 5) is 21.5. The van der Waals surface area contributed by atoms with E-state index in [1.54, 1.807) is 12.1 Å². The number of carbonyl (C=O) groups excluding carboxylic acids is 1. The van der Waals surface area contributed by atoms with Gasteiger partial charge in [-0.1, -0.05) is 12.1 Å². The lowest BCUT2D eigenvalue weighted by molar-refractivity contribution is 0.0467. The predicted molar refractivity (Wildman–Crippen MR) is 106 cm³/mol. The van der Waals surface area contributed by atoms with Crippen LogP contribution in [0.25, 0.3) is 16.7 Å². The third kappa shape index (κ3) is 3.49. The van der Waals surface area contributed by atoms with Crippen LogP contribution in [0.5, 0.6) is 0 Å². The summed E-state index contributed by atoms with van der Waals surface area (Å²) in [6, 6.07) is 16.8. The first kappa shape index (κ1) is 17.9. The average molecular weight is 372 g/mol. The smallest absolute Gasteiger partial charge is 0.338 e. The molecule has 0 amide bonds. The lowest BCUT2D eigenvalue weighted by Crippen LogP contribution is -2.08. The largest absolute Gasteiger partial charge is 0.456 e. The van der Waals surface area contributed by atoms with Crippen LogP contribution in [0.3, 0.4) is 0 Å². The number of rotatable bonds is 4. The van der Waals surface area contributed by atoms with Crippen molar-refractivity contribution in [3.05, 3.63) is 82.9 Å². The van der Waals surface area contributed by atoms with Crippen molar-refractivity contribution in [2.75, 3.05) is 0 Å². The molecule has 0 atom stereocenters. The lowest BCUT2D eigenvalue weighted by atomic mass is 10.2. The van der Waals surface area contributed by atoms with Gasteiger partial charge in [0, 0.05) is 5.69 Å². The monoisotopic (exact) mass is 372 g/mol. The summed E-state index contributed by atoms with van der Waals surface area (Å²) >= 11 is 0. The fourth-order valence-electron chi connectivity index (χ4n) is 3.11. The maximum Gasteiger partial charge on any atom is 0.338 e. The molecule has 0 aliphatic carbocycles. The van der Waals surface area contributed by atoms with Crippen molar-refractivity contribution in [2.45, 2.75) is 27.4 Å². The molecule has 0 aliphatic rings. The molecule has 2 aromatic heterocycles. The molecule has 140 valence electrons. The Bertz CT molecular complexity index is 1160. The van der Waals surface area contributed by atoms with E-state index in [9.17, 15) is 4.79 Å². The maximum atomic E-state index is 12.4. The van der Waals surface area contributed by atoms with Gasteiger partial charge in [0.25, 0.3) is 0 Å². The van der Waals surface area contributed by atoms with Gasteiger partial charge in [-0.2, -0.15) is 5.10 Å². The van der Waals surface area contributed by atoms with Gasteiger partial charge in [0.1, 0.15) is 6.61 Å². The zero-order valence-corrected chi connectivity index (χ0v) is 16.0. The molecule has 6 nitrogen and oxygen atoms in total. The average Bonchev–Trinajstić information content (AvgIpc) is 3.04. The Morgan fingerprint density at radius 3 is 2.29 bits per heavy atom. The number of aromatic nitrogens is 4. The molecule has 2 heterocycles. The van der Waals surface area contributed by atoms with E-state index in [1.807, 2.05) is 67.9 Å². The maximum absolute atomic E-state index is 12.4. The first-order valence-corrected chi connectivity index (χ1v) is 9.04. The highest BCUT2D eigenvalue weighted by Gasteiger charge is 2.12. The zero-order valence-electron chi connectivity index (χ0n) is 16.0. The van der Waals surface area contributed by atoms with E-state index >= 15 is 0 Å². The molecule has 0 saturated heterocycles. The molecular weight excluding hydrogens is 352 g/mol. The second-order valence-corrected chi connectivity index (χ2v) is 6.71. The third-order valence-electron chi connectivity index (χ3n) is 4.54. The number of hydrogen-bond acceptors (Lipinski definition) is 5. The number of ether oxygens (including phenoxy) is 1. The summed E-state index contributed by atoms with van der Waals surface area (Å²) in [5.74, 6) is -0.394. The van der Waals surface area contributed by atoms with Crippen LogP contribution in [-0.4, -0.2) is 25.7 Å². The molecule has 0 spiro atoms. The minimum atomic E-state index is -0.394. The minimum absolute atomic E-state index is 0.0850. The Hall–Kier alpha value is -3.54. The highest BCUT2D eigenvalue weighted by molar-refractivity contribution is 5.89. The van der Waals surface area contributed by atoms with Crippen LogP contribution in [0, 0.1) is 20.8 Å². The molecule has 0 fully saturated rings. The number of nitrogens with zero attached hydrogens (tertiary/aromatic N) is 4. The van der Waals surface area contributed by atoms with Crippen molar-refractivity contribution in [2.24, 2.45) is 0 Å². The van der Waals surface area contributed by atoms with Crippen LogP contribution < -0.4 is 0 Å². The highest BCUT2D eigenvalue weighted by atomic mass is 16.5. The molecule has 4 aromatic rings. The third-order valence-corrected chi connectivity index (χ3v) is 4.54. The number of hydrogen-bond donors (Lipinski definition) is 0. The summed E-state index contributed by atoms with van der Waals surface area (Å²) < 4.78 is 7.30. The fourth-order valence-corrected chi connectivity index (χ4v) is 3.11. The Balaban J connectivity index is 1.48. The second-order valence-electron chi connectivity index (χ2n) is 6.71. The Morgan fingerprint density at radius 2 is 1.64 bits per heavy atom. The van der Waals surface area contributed by atoms with Crippen molar-refractivity contribution in [1.29, 1.82) is 0 Å². The molecule has 0 unspecified atom stereocenters. The molecule has 0 radical (unpaired) electrons. The molecule has 0 bridgehead atoms. The summed E-state index contributed by atoms with van der Waals surface area (Å²) in [6.07, 6.45) is 0. The molecule has 6 heteroatoms. The van der Waals surface area contributed by atoms with Gasteiger partial charge in [0.05, 0.1) is 39.4 Å². The molecule has 2 aromatic carbocycles. The Morgan fingerprint density at radius 1 is 0.964 bits per heavy atom. The van der Waals surface area contributed by atoms with Gasteiger partial charge in [-0.05, 0) is 63.2 Å². The van der Waals surface area contributed by atoms with Gasteiger partial charge >= 0.3 is 5.97 Å². The number of benzene rings is 2. The first-order chi connectivity index (χ1) is 13.5. The van der Waals surface area contributed by atoms with Crippen LogP contribution in [0.2, 0.25) is 0 Å². The van der Waals surface area contributed by atoms with Crippen molar-refractivity contribution >= 4 is 17.0 Å². The SMILES string of the molecule is Cc1cc(C)n(-c2ccc(C(=O)OCc3nc4ccccc4nc3C)cc2)n1. The van der Waals surface area contributed by atoms with E-state index in [-0.39, 0.29) is 6.61 Å². The van der Waals surface area contributed by atoms with E-state index in [1.165, 1.54) is 0 Å². The van der Waals surface area contributed by atoms with E-state index < -0.39 is 5.97 Å². The van der Waals surface area contributed by atoms with Crippen molar-refractivity contribution in [3.63, 3.8) is 0 Å². The molecule has 4 rings (SSSR count). The number of esters is 1. The van der Waals surface area contributed by atoms with Gasteiger partial charge in [-0.3, -0.25) is 0 Å². The van der Waals surface area contributed by atoms with Crippen molar-refractivity contribution in [1.82, 2.24) is 19.7 Å². The number of fused-ring (bicyclic) bond motifs is 1. The Kier molecular flexibility index (Phi) is 4.61. The fraction of sp³-hybridized carbons (Fsp3) is 0.182. The Labute approximate surface area is 162 Å². The summed E-state index contributed by atoms with van der Waals surface area (Å²) in [6.45, 7) is 5.90. The number of carbonyl (C=O) groups is 1. The summed E-state index contributed by atoms with van der Waals surface area (Å²) in [7, 11) is 0.